The van der Waals surface area contributed by atoms with E-state index in [0.29, 0.717) is 12.0 Å². The fourth-order valence-electron chi connectivity index (χ4n) is 1.83. The molecule has 1 aromatic heterocycles. The van der Waals surface area contributed by atoms with Gasteiger partial charge in [-0.05, 0) is 19.9 Å². The molecular weight excluding hydrogens is 230 g/mol. The van der Waals surface area contributed by atoms with Crippen molar-refractivity contribution in [2.45, 2.75) is 25.9 Å². The van der Waals surface area contributed by atoms with E-state index in [4.69, 9.17) is 5.73 Å². The van der Waals surface area contributed by atoms with Crippen molar-refractivity contribution in [3.05, 3.63) is 29.2 Å². The molecule has 1 aromatic rings. The molecule has 1 unspecified atom stereocenters. The molecule has 1 aliphatic rings. The number of nitrogens with one attached hydrogen (secondary N) is 1. The lowest BCUT2D eigenvalue weighted by atomic mass is 10.0. The van der Waals surface area contributed by atoms with Crippen LogP contribution in [0.5, 0.6) is 0 Å². The summed E-state index contributed by atoms with van der Waals surface area (Å²) in [4.78, 5) is 15.3. The molecule has 0 bridgehead atoms. The number of aliphatic imine (C=N–C) groups is 1. The fraction of sp³-hybridized carbons (Fsp3) is 0.417. The van der Waals surface area contributed by atoms with E-state index in [-0.39, 0.29) is 0 Å². The predicted molar refractivity (Wildman–Crippen MR) is 69.0 cm³/mol. The monoisotopic (exact) mass is 247 g/mol. The van der Waals surface area contributed by atoms with Gasteiger partial charge in [0.1, 0.15) is 5.66 Å². The Kier molecular flexibility index (Phi) is 2.94. The van der Waals surface area contributed by atoms with Crippen LogP contribution >= 0.6 is 0 Å². The summed E-state index contributed by atoms with van der Waals surface area (Å²) in [5.74, 6) is -0.484. The summed E-state index contributed by atoms with van der Waals surface area (Å²) in [5.41, 5.74) is 7.13. The van der Waals surface area contributed by atoms with Crippen LogP contribution in [-0.2, 0) is 18.3 Å². The van der Waals surface area contributed by atoms with Gasteiger partial charge in [-0.25, -0.2) is 0 Å². The van der Waals surface area contributed by atoms with E-state index in [9.17, 15) is 4.79 Å². The van der Waals surface area contributed by atoms with E-state index in [0.717, 1.165) is 11.4 Å². The Balaban J connectivity index is 2.11. The maximum Gasteiger partial charge on any atom is 0.251 e. The van der Waals surface area contributed by atoms with Crippen molar-refractivity contribution in [2.75, 3.05) is 0 Å². The molecule has 18 heavy (non-hydrogen) atoms. The highest BCUT2D eigenvalue weighted by Crippen LogP contribution is 2.17. The number of primary amides is 1. The average Bonchev–Trinajstić information content (AvgIpc) is 2.57. The first kappa shape index (κ1) is 12.3. The Bertz CT molecular complexity index is 523. The number of nitrogens with two attached hydrogens (primary N) is 1. The average molecular weight is 247 g/mol. The van der Waals surface area contributed by atoms with Crippen LogP contribution in [0.1, 0.15) is 18.3 Å². The number of carbonyl (C=O) groups is 1. The number of aromatic nitrogens is 2. The summed E-state index contributed by atoms with van der Waals surface area (Å²) < 4.78 is 1.83. The van der Waals surface area contributed by atoms with E-state index in [1.165, 1.54) is 6.21 Å². The Morgan fingerprint density at radius 1 is 1.61 bits per heavy atom. The molecule has 1 amide bonds. The lowest BCUT2D eigenvalue weighted by Crippen LogP contribution is -2.42. The molecule has 1 atom stereocenters. The standard InChI is InChI=1S/C12H17N5O/c1-8-4-10(16-17(8)3)5-12(2)14-6-9(7-15-12)11(13)18/h4,6-7,14H,5H2,1-3H3,(H2,13,18). The van der Waals surface area contributed by atoms with Crippen molar-refractivity contribution in [1.29, 1.82) is 0 Å². The fourth-order valence-corrected chi connectivity index (χ4v) is 1.83. The van der Waals surface area contributed by atoms with Crippen molar-refractivity contribution >= 4 is 12.1 Å². The molecule has 0 saturated heterocycles. The van der Waals surface area contributed by atoms with Gasteiger partial charge in [0.2, 0.25) is 0 Å². The summed E-state index contributed by atoms with van der Waals surface area (Å²) in [6, 6.07) is 2.02. The van der Waals surface area contributed by atoms with Crippen LogP contribution in [-0.4, -0.2) is 27.6 Å². The van der Waals surface area contributed by atoms with E-state index in [1.54, 1.807) is 6.20 Å². The Morgan fingerprint density at radius 3 is 2.78 bits per heavy atom. The summed E-state index contributed by atoms with van der Waals surface area (Å²) in [6.07, 6.45) is 3.76. The molecule has 0 radical (unpaired) electrons. The number of nitrogens with zero attached hydrogens (tertiary/aromatic N) is 3. The zero-order valence-corrected chi connectivity index (χ0v) is 10.8. The number of hydrogen-bond acceptors (Lipinski definition) is 4. The predicted octanol–water partition coefficient (Wildman–Crippen LogP) is 0.0304. The maximum absolute atomic E-state index is 11.0. The minimum absolute atomic E-state index is 0.379. The third kappa shape index (κ3) is 2.42. The van der Waals surface area contributed by atoms with Crippen LogP contribution in [0.3, 0.4) is 0 Å². The van der Waals surface area contributed by atoms with Gasteiger partial charge in [0.15, 0.2) is 0 Å². The second-order valence-corrected chi connectivity index (χ2v) is 4.72. The summed E-state index contributed by atoms with van der Waals surface area (Å²) >= 11 is 0. The SMILES string of the molecule is Cc1cc(CC2(C)N=CC(C(N)=O)=CN2)nn1C. The van der Waals surface area contributed by atoms with Crippen LogP contribution < -0.4 is 11.1 Å². The van der Waals surface area contributed by atoms with Crippen LogP contribution in [0.25, 0.3) is 0 Å². The van der Waals surface area contributed by atoms with Crippen molar-refractivity contribution in [2.24, 2.45) is 17.8 Å². The zero-order valence-electron chi connectivity index (χ0n) is 10.8. The van der Waals surface area contributed by atoms with Crippen LogP contribution in [0.2, 0.25) is 0 Å². The van der Waals surface area contributed by atoms with Crippen LogP contribution in [0, 0.1) is 6.92 Å². The highest BCUT2D eigenvalue weighted by molar-refractivity contribution is 6.11. The molecule has 0 saturated carbocycles. The van der Waals surface area contributed by atoms with Gasteiger partial charge < -0.3 is 11.1 Å². The van der Waals surface area contributed by atoms with E-state index in [2.05, 4.69) is 15.4 Å². The molecule has 2 heterocycles. The van der Waals surface area contributed by atoms with Gasteiger partial charge in [0.25, 0.3) is 5.91 Å². The first-order chi connectivity index (χ1) is 8.39. The smallest absolute Gasteiger partial charge is 0.251 e. The zero-order chi connectivity index (χ0) is 13.3. The molecule has 0 aromatic carbocycles. The number of aryl methyl sites for hydroxylation is 2. The first-order valence-corrected chi connectivity index (χ1v) is 5.72. The molecule has 0 aliphatic carbocycles. The number of carbonyl (C=O) groups excluding carboxylic acids is 1. The minimum atomic E-state index is -0.486. The van der Waals surface area contributed by atoms with Gasteiger partial charge in [0.05, 0.1) is 11.3 Å². The van der Waals surface area contributed by atoms with Gasteiger partial charge in [-0.2, -0.15) is 5.10 Å². The van der Waals surface area contributed by atoms with E-state index < -0.39 is 11.6 Å². The number of amides is 1. The van der Waals surface area contributed by atoms with Crippen molar-refractivity contribution in [3.63, 3.8) is 0 Å². The maximum atomic E-state index is 11.0. The Labute approximate surface area is 106 Å². The molecule has 0 spiro atoms. The van der Waals surface area contributed by atoms with E-state index in [1.807, 2.05) is 31.6 Å². The molecule has 1 aliphatic heterocycles. The van der Waals surface area contributed by atoms with Crippen LogP contribution in [0.4, 0.5) is 0 Å². The Hall–Kier alpha value is -2.11. The molecule has 2 rings (SSSR count). The Morgan fingerprint density at radius 2 is 2.33 bits per heavy atom. The highest BCUT2D eigenvalue weighted by Gasteiger charge is 2.26. The first-order valence-electron chi connectivity index (χ1n) is 5.72. The molecule has 96 valence electrons. The van der Waals surface area contributed by atoms with Gasteiger partial charge in [-0.15, -0.1) is 0 Å². The van der Waals surface area contributed by atoms with Gasteiger partial charge >= 0.3 is 0 Å². The molecule has 6 nitrogen and oxygen atoms in total. The third-order valence-corrected chi connectivity index (χ3v) is 3.00. The largest absolute Gasteiger partial charge is 0.366 e. The van der Waals surface area contributed by atoms with Gasteiger partial charge in [-0.1, -0.05) is 0 Å². The topological polar surface area (TPSA) is 85.3 Å². The lowest BCUT2D eigenvalue weighted by Gasteiger charge is -2.28. The molecule has 3 N–H and O–H groups in total. The summed E-state index contributed by atoms with van der Waals surface area (Å²) in [6.45, 7) is 3.95. The quantitative estimate of drug-likeness (QED) is 0.790. The van der Waals surface area contributed by atoms with Crippen molar-refractivity contribution in [3.8, 4) is 0 Å². The van der Waals surface area contributed by atoms with Crippen molar-refractivity contribution in [1.82, 2.24) is 15.1 Å². The van der Waals surface area contributed by atoms with Gasteiger partial charge in [0, 0.05) is 31.6 Å². The molecule has 6 heteroatoms. The minimum Gasteiger partial charge on any atom is -0.366 e. The summed E-state index contributed by atoms with van der Waals surface area (Å²) in [5, 5.41) is 7.49. The van der Waals surface area contributed by atoms with Crippen LogP contribution in [0.15, 0.2) is 22.8 Å². The highest BCUT2D eigenvalue weighted by atomic mass is 16.1. The number of hydrogen-bond donors (Lipinski definition) is 2. The normalized spacial score (nSPS) is 22.5. The third-order valence-electron chi connectivity index (χ3n) is 3.00. The molecule has 0 fully saturated rings. The van der Waals surface area contributed by atoms with Gasteiger partial charge in [-0.3, -0.25) is 14.5 Å². The second-order valence-electron chi connectivity index (χ2n) is 4.72. The molecular formula is C12H17N5O. The van der Waals surface area contributed by atoms with E-state index >= 15 is 0 Å². The second kappa shape index (κ2) is 4.29. The lowest BCUT2D eigenvalue weighted by molar-refractivity contribution is -0.114. The number of rotatable bonds is 3. The summed E-state index contributed by atoms with van der Waals surface area (Å²) in [7, 11) is 1.91. The van der Waals surface area contributed by atoms with Crippen molar-refractivity contribution < 1.29 is 4.79 Å².